The van der Waals surface area contributed by atoms with Crippen molar-refractivity contribution in [3.05, 3.63) is 12.2 Å². The van der Waals surface area contributed by atoms with Crippen LogP contribution in [0.5, 0.6) is 0 Å². The molecule has 25 nitrogen and oxygen atoms in total. The van der Waals surface area contributed by atoms with Crippen LogP contribution in [0.1, 0.15) is 169 Å². The van der Waals surface area contributed by atoms with E-state index in [4.69, 9.17) is 4.74 Å². The molecule has 0 aromatic rings. The summed E-state index contributed by atoms with van der Waals surface area (Å²) < 4.78 is 5.85. The van der Waals surface area contributed by atoms with Crippen molar-refractivity contribution in [2.75, 3.05) is 81.8 Å². The van der Waals surface area contributed by atoms with Crippen LogP contribution in [0, 0.1) is 35.5 Å². The van der Waals surface area contributed by atoms with Crippen LogP contribution in [0.4, 0.5) is 0 Å². The van der Waals surface area contributed by atoms with E-state index >= 15 is 33.6 Å². The molecule has 2 aliphatic heterocycles. The van der Waals surface area contributed by atoms with E-state index in [-0.39, 0.29) is 49.9 Å². The predicted octanol–water partition coefficient (Wildman–Crippen LogP) is 4.19. The first-order valence-electron chi connectivity index (χ1n) is 34.3. The minimum Gasteiger partial charge on any atom is -0.390 e. The minimum atomic E-state index is -1.64. The Morgan fingerprint density at radius 3 is 1.48 bits per heavy atom. The number of likely N-dealkylation sites (tertiary alicyclic amines) is 1. The Morgan fingerprint density at radius 1 is 0.537 bits per heavy atom. The van der Waals surface area contributed by atoms with Crippen molar-refractivity contribution >= 4 is 76.7 Å². The topological polar surface area (TPSA) is 291 Å². The highest BCUT2D eigenvalue weighted by molar-refractivity contribution is 8.00. The molecule has 2 saturated heterocycles. The number of allylic oxidation sites excluding steroid dienone is 2. The highest BCUT2D eigenvalue weighted by Crippen LogP contribution is 2.28. The summed E-state index contributed by atoms with van der Waals surface area (Å²) in [6.45, 7) is 32.0. The normalized spacial score (nSPS) is 27.3. The number of likely N-dealkylation sites (N-methyl/N-ethyl adjacent to an activating group) is 7. The Kier molecular flexibility index (Phi) is 34.9. The monoisotopic (exact) mass is 1360 g/mol. The van der Waals surface area contributed by atoms with Crippen molar-refractivity contribution in [3.63, 3.8) is 0 Å². The molecule has 5 N–H and O–H groups in total. The van der Waals surface area contributed by atoms with E-state index in [1.54, 1.807) is 61.5 Å². The smallest absolute Gasteiger partial charge is 0.256 e. The maximum Gasteiger partial charge on any atom is 0.256 e. The van der Waals surface area contributed by atoms with Crippen molar-refractivity contribution in [1.82, 2.24) is 60.5 Å². The molecule has 95 heavy (non-hydrogen) atoms. The van der Waals surface area contributed by atoms with Gasteiger partial charge in [0.2, 0.25) is 59.1 Å². The van der Waals surface area contributed by atoms with Gasteiger partial charge in [-0.2, -0.15) is 0 Å². The third-order valence-electron chi connectivity index (χ3n) is 18.6. The quantitative estimate of drug-likeness (QED) is 0.107. The number of methoxy groups -OCH3 is 1. The average molecular weight is 1360 g/mol. The van der Waals surface area contributed by atoms with E-state index in [1.807, 2.05) is 54.5 Å². The Hall–Kier alpha value is -5.86. The fourth-order valence-corrected chi connectivity index (χ4v) is 13.5. The number of nitrogens with one attached hydrogen (secondary N) is 4. The number of hydrogen-bond donors (Lipinski definition) is 5. The molecule has 2 heterocycles. The molecule has 0 bridgehead atoms. The van der Waals surface area contributed by atoms with Crippen LogP contribution in [0.25, 0.3) is 0 Å². The van der Waals surface area contributed by atoms with Gasteiger partial charge in [-0.15, -0.1) is 11.8 Å². The van der Waals surface area contributed by atoms with E-state index in [9.17, 15) is 24.3 Å². The fraction of sp³-hybridized carbons (Fsp3) is 0.812. The summed E-state index contributed by atoms with van der Waals surface area (Å²) in [5.41, 5.74) is -1.04. The summed E-state index contributed by atoms with van der Waals surface area (Å²) in [7, 11) is 11.5. The van der Waals surface area contributed by atoms with Crippen molar-refractivity contribution in [1.29, 1.82) is 0 Å². The Bertz CT molecular complexity index is 2620. The van der Waals surface area contributed by atoms with Crippen molar-refractivity contribution in [2.24, 2.45) is 35.5 Å². The lowest BCUT2D eigenvalue weighted by Gasteiger charge is -2.41. The molecule has 0 saturated carbocycles. The second-order valence-corrected chi connectivity index (χ2v) is 30.3. The summed E-state index contributed by atoms with van der Waals surface area (Å²) >= 11 is 1.19. The van der Waals surface area contributed by atoms with Gasteiger partial charge in [0.1, 0.15) is 60.4 Å². The molecule has 0 radical (unpaired) electrons. The molecule has 0 aromatic heterocycles. The van der Waals surface area contributed by atoms with Gasteiger partial charge in [-0.25, -0.2) is 0 Å². The number of thioether (sulfide) groups is 1. The molecule has 544 valence electrons. The molecule has 0 aromatic carbocycles. The van der Waals surface area contributed by atoms with Gasteiger partial charge in [0.05, 0.1) is 11.7 Å². The zero-order valence-electron chi connectivity index (χ0n) is 62.4. The van der Waals surface area contributed by atoms with Crippen molar-refractivity contribution in [3.8, 4) is 0 Å². The van der Waals surface area contributed by atoms with Gasteiger partial charge in [0.25, 0.3) is 5.91 Å². The molecular weight excluding hydrogens is 1240 g/mol. The van der Waals surface area contributed by atoms with Gasteiger partial charge in [-0.1, -0.05) is 95.2 Å². The van der Waals surface area contributed by atoms with Crippen LogP contribution >= 0.6 is 11.8 Å². The molecule has 0 unspecified atom stereocenters. The van der Waals surface area contributed by atoms with Gasteiger partial charge in [-0.05, 0) is 128 Å². The maximum absolute atomic E-state index is 15.5. The van der Waals surface area contributed by atoms with Crippen LogP contribution in [-0.4, -0.2) is 269 Å². The highest BCUT2D eigenvalue weighted by Gasteiger charge is 2.47. The van der Waals surface area contributed by atoms with Crippen LogP contribution < -0.4 is 21.3 Å². The zero-order chi connectivity index (χ0) is 73.0. The molecule has 0 spiro atoms. The van der Waals surface area contributed by atoms with E-state index in [0.717, 1.165) is 30.8 Å². The fourth-order valence-electron chi connectivity index (χ4n) is 12.3. The van der Waals surface area contributed by atoms with Gasteiger partial charge in [-0.3, -0.25) is 52.7 Å². The average Bonchev–Trinajstić information content (AvgIpc) is 1.24. The predicted molar refractivity (Wildman–Crippen MR) is 372 cm³/mol. The number of carbonyl (C=O) groups is 11. The Morgan fingerprint density at radius 2 is 1.00 bits per heavy atom. The highest BCUT2D eigenvalue weighted by atomic mass is 32.2. The number of aliphatic hydroxyl groups is 1. The summed E-state index contributed by atoms with van der Waals surface area (Å²) in [5.74, 6) is -9.49. The summed E-state index contributed by atoms with van der Waals surface area (Å²) in [5, 5.41) is 22.2. The lowest BCUT2D eigenvalue weighted by molar-refractivity contribution is -0.157. The number of ether oxygens (including phenoxy) is 1. The molecule has 13 atom stereocenters. The largest absolute Gasteiger partial charge is 0.390 e. The molecule has 2 aliphatic rings. The molecule has 2 rings (SSSR count). The summed E-state index contributed by atoms with van der Waals surface area (Å²) in [6.07, 6.45) is 4.73. The van der Waals surface area contributed by atoms with Crippen LogP contribution in [0.3, 0.4) is 0 Å². The van der Waals surface area contributed by atoms with Crippen molar-refractivity contribution < 1.29 is 62.6 Å². The molecule has 2 fully saturated rings. The zero-order valence-corrected chi connectivity index (χ0v) is 63.2. The standard InChI is InChI=1S/C69H124N12O13S/c1-26-28-31-45(13)56(82)55-60(86)72-48(27-2)62(88)80(24)68(95-35-34-81-32-29-30-33-81)67(93)77(21)52(39-69(16,17)94-25)59(85)73-53(43(9)10)65(91)74(18)49(36-40(3)4)58(84)70-46(14)57(83)71-47(15)61(87)75(19)50(37-41(5)6)63(89)76(20)51(38-42(7)8)64(90)78(22)54(44(11)12)66(92)79(55)23/h26,28,40-56,68,82H,27,29-39H2,1-25H3,(H,70,84)(H,71,83)(H,72,86)(H,73,85)/b28-26+/t45-,46+,47-,48+,49+,50+,51+,52+,53+,54+,55+,56-,68-/m1/s1. The minimum absolute atomic E-state index is 0.00506. The van der Waals surface area contributed by atoms with E-state index in [2.05, 4.69) is 26.2 Å². The molecule has 11 amide bonds. The van der Waals surface area contributed by atoms with Crippen LogP contribution in [-0.2, 0) is 57.5 Å². The Balaban J connectivity index is 3.14. The first-order valence-corrected chi connectivity index (χ1v) is 35.4. The molecule has 0 aliphatic carbocycles. The van der Waals surface area contributed by atoms with E-state index < -0.39 is 160 Å². The lowest BCUT2D eigenvalue weighted by Crippen LogP contribution is -2.64. The van der Waals surface area contributed by atoms with Crippen LogP contribution in [0.15, 0.2) is 12.2 Å². The van der Waals surface area contributed by atoms with Gasteiger partial charge in [0.15, 0.2) is 5.37 Å². The number of hydrogen-bond acceptors (Lipinski definition) is 15. The molecular formula is C69H124N12O13S. The van der Waals surface area contributed by atoms with E-state index in [0.29, 0.717) is 18.7 Å². The van der Waals surface area contributed by atoms with Gasteiger partial charge >= 0.3 is 0 Å². The number of carbonyl (C=O) groups excluding carboxylic acids is 11. The van der Waals surface area contributed by atoms with Crippen molar-refractivity contribution in [2.45, 2.75) is 247 Å². The number of aliphatic hydroxyl groups excluding tert-OH is 1. The second kappa shape index (κ2) is 38.9. The third kappa shape index (κ3) is 24.0. The first kappa shape index (κ1) is 85.2. The number of amides is 11. The van der Waals surface area contributed by atoms with E-state index in [1.165, 1.54) is 111 Å². The third-order valence-corrected chi connectivity index (χ3v) is 19.9. The summed E-state index contributed by atoms with van der Waals surface area (Å²) in [6, 6.07) is -12.8. The van der Waals surface area contributed by atoms with Gasteiger partial charge in [0, 0.05) is 75.2 Å². The maximum atomic E-state index is 15.5. The first-order chi connectivity index (χ1) is 44.0. The Labute approximate surface area is 573 Å². The lowest BCUT2D eigenvalue weighted by atomic mass is 9.91. The molecule has 26 heteroatoms. The summed E-state index contributed by atoms with van der Waals surface area (Å²) in [4.78, 5) is 176. The number of rotatable bonds is 20. The SMILES string of the molecule is C/C=C/C[C@@H](C)[C@@H](O)[C@H]1C(=O)N[C@@H](CC)C(=O)N(C)[C@H](SCCN2CCCC2)C(=O)N(C)[C@@H](CC(C)(C)OC)C(=O)N[C@@H](C(C)C)C(=O)N(C)[C@@H](CC(C)C)C(=O)N[C@@H](C)C(=O)N[C@H](C)C(=O)N(C)[C@@H](CC(C)C)C(=O)N(C)[C@@H](CC(C)C)C(=O)N(C)[C@@H](C(C)C)C(=O)N1C. The van der Waals surface area contributed by atoms with Crippen LogP contribution in [0.2, 0.25) is 0 Å². The van der Waals surface area contributed by atoms with Gasteiger partial charge < -0.3 is 70.3 Å². The second-order valence-electron chi connectivity index (χ2n) is 29.1. The number of nitrogens with zero attached hydrogens (tertiary/aromatic N) is 8.